The topological polar surface area (TPSA) is 76.0 Å². The summed E-state index contributed by atoms with van der Waals surface area (Å²) >= 11 is 0. The lowest BCUT2D eigenvalue weighted by molar-refractivity contribution is -0.384. The number of aldehydes is 1. The third-order valence-electron chi connectivity index (χ3n) is 2.27. The number of hydrogen-bond acceptors (Lipinski definition) is 3. The molecule has 0 bridgehead atoms. The van der Waals surface area contributed by atoms with E-state index in [1.165, 1.54) is 6.20 Å². The quantitative estimate of drug-likeness (QED) is 0.486. The van der Waals surface area contributed by atoms with Gasteiger partial charge in [0.1, 0.15) is 0 Å². The van der Waals surface area contributed by atoms with Gasteiger partial charge in [-0.3, -0.25) is 14.9 Å². The second kappa shape index (κ2) is 3.98. The van der Waals surface area contributed by atoms with Crippen molar-refractivity contribution in [1.82, 2.24) is 4.98 Å². The first kappa shape index (κ1) is 10.1. The van der Waals surface area contributed by atoms with E-state index >= 15 is 0 Å². The smallest absolute Gasteiger partial charge is 0.295 e. The number of hydrogen-bond donors (Lipinski definition) is 1. The molecule has 0 unspecified atom stereocenters. The number of rotatable bonds is 3. The van der Waals surface area contributed by atoms with Crippen molar-refractivity contribution in [1.29, 1.82) is 0 Å². The van der Waals surface area contributed by atoms with E-state index in [4.69, 9.17) is 0 Å². The van der Waals surface area contributed by atoms with Gasteiger partial charge in [0.15, 0.2) is 6.29 Å². The second-order valence-electron chi connectivity index (χ2n) is 3.20. The van der Waals surface area contributed by atoms with Gasteiger partial charge in [-0.15, -0.1) is 0 Å². The van der Waals surface area contributed by atoms with Crippen molar-refractivity contribution in [3.8, 4) is 11.1 Å². The first-order chi connectivity index (χ1) is 7.74. The fourth-order valence-electron chi connectivity index (χ4n) is 1.57. The van der Waals surface area contributed by atoms with Crippen LogP contribution in [0.25, 0.3) is 11.1 Å². The molecule has 0 aliphatic rings. The highest BCUT2D eigenvalue weighted by atomic mass is 16.6. The maximum absolute atomic E-state index is 10.8. The molecule has 0 saturated heterocycles. The summed E-state index contributed by atoms with van der Waals surface area (Å²) in [6.07, 6.45) is 1.81. The van der Waals surface area contributed by atoms with Crippen LogP contribution >= 0.6 is 0 Å². The van der Waals surface area contributed by atoms with Gasteiger partial charge in [-0.2, -0.15) is 0 Å². The highest BCUT2D eigenvalue weighted by Crippen LogP contribution is 2.31. The Morgan fingerprint density at radius 2 is 1.94 bits per heavy atom. The predicted octanol–water partition coefficient (Wildman–Crippen LogP) is 2.40. The summed E-state index contributed by atoms with van der Waals surface area (Å²) in [5.41, 5.74) is 1.12. The van der Waals surface area contributed by atoms with Gasteiger partial charge in [0.25, 0.3) is 5.69 Å². The number of benzene rings is 1. The molecule has 2 rings (SSSR count). The van der Waals surface area contributed by atoms with Gasteiger partial charge >= 0.3 is 0 Å². The predicted molar refractivity (Wildman–Crippen MR) is 58.3 cm³/mol. The minimum atomic E-state index is -0.508. The van der Waals surface area contributed by atoms with E-state index in [9.17, 15) is 14.9 Å². The molecule has 16 heavy (non-hydrogen) atoms. The van der Waals surface area contributed by atoms with Crippen LogP contribution in [0.1, 0.15) is 10.5 Å². The van der Waals surface area contributed by atoms with Crippen LogP contribution in [-0.2, 0) is 0 Å². The summed E-state index contributed by atoms with van der Waals surface area (Å²) in [4.78, 5) is 23.7. The molecule has 0 fully saturated rings. The Kier molecular flexibility index (Phi) is 2.51. The molecule has 5 nitrogen and oxygen atoms in total. The molecule has 0 saturated carbocycles. The van der Waals surface area contributed by atoms with Crippen molar-refractivity contribution in [2.24, 2.45) is 0 Å². The van der Waals surface area contributed by atoms with Gasteiger partial charge in [0.05, 0.1) is 22.4 Å². The van der Waals surface area contributed by atoms with Crippen LogP contribution in [-0.4, -0.2) is 16.2 Å². The lowest BCUT2D eigenvalue weighted by Crippen LogP contribution is -1.90. The second-order valence-corrected chi connectivity index (χ2v) is 3.20. The normalized spacial score (nSPS) is 10.0. The fraction of sp³-hybridized carbons (Fsp3) is 0. The molecular weight excluding hydrogens is 208 g/mol. The van der Waals surface area contributed by atoms with E-state index < -0.39 is 4.92 Å². The first-order valence-corrected chi connectivity index (χ1v) is 4.60. The van der Waals surface area contributed by atoms with Gasteiger partial charge < -0.3 is 4.98 Å². The molecule has 2 aromatic rings. The van der Waals surface area contributed by atoms with Crippen LogP contribution in [0.4, 0.5) is 5.69 Å². The number of carbonyl (C=O) groups is 1. The Balaban J connectivity index is 2.66. The van der Waals surface area contributed by atoms with Crippen LogP contribution in [0.2, 0.25) is 0 Å². The summed E-state index contributed by atoms with van der Waals surface area (Å²) in [6, 6.07) is 8.79. The monoisotopic (exact) mass is 216 g/mol. The molecule has 80 valence electrons. The Morgan fingerprint density at radius 1 is 1.25 bits per heavy atom. The summed E-state index contributed by atoms with van der Waals surface area (Å²) < 4.78 is 0. The lowest BCUT2D eigenvalue weighted by atomic mass is 10.1. The van der Waals surface area contributed by atoms with Gasteiger partial charge in [0, 0.05) is 0 Å². The average Bonchev–Trinajstić information content (AvgIpc) is 2.73. The maximum Gasteiger partial charge on any atom is 0.295 e. The van der Waals surface area contributed by atoms with Crippen LogP contribution in [0.3, 0.4) is 0 Å². The van der Waals surface area contributed by atoms with E-state index in [0.717, 1.165) is 0 Å². The summed E-state index contributed by atoms with van der Waals surface area (Å²) in [7, 11) is 0. The lowest BCUT2D eigenvalue weighted by Gasteiger charge is -1.98. The summed E-state index contributed by atoms with van der Waals surface area (Å²) in [5, 5.41) is 10.8. The SMILES string of the molecule is O=Cc1[nH]cc([N+](=O)[O-])c1-c1ccccc1. The Labute approximate surface area is 90.9 Å². The van der Waals surface area contributed by atoms with Gasteiger partial charge in [-0.05, 0) is 5.56 Å². The number of H-pyrrole nitrogens is 1. The number of aromatic amines is 1. The van der Waals surface area contributed by atoms with Crippen molar-refractivity contribution < 1.29 is 9.72 Å². The molecule has 0 radical (unpaired) electrons. The van der Waals surface area contributed by atoms with E-state index in [1.807, 2.05) is 6.07 Å². The Bertz CT molecular complexity index is 531. The van der Waals surface area contributed by atoms with E-state index in [1.54, 1.807) is 24.3 Å². The number of nitro groups is 1. The molecule has 1 aromatic carbocycles. The van der Waals surface area contributed by atoms with Gasteiger partial charge in [-0.1, -0.05) is 30.3 Å². The van der Waals surface area contributed by atoms with Crippen molar-refractivity contribution in [2.45, 2.75) is 0 Å². The third kappa shape index (κ3) is 1.58. The van der Waals surface area contributed by atoms with E-state index in [2.05, 4.69) is 4.98 Å². The zero-order valence-corrected chi connectivity index (χ0v) is 8.21. The molecule has 1 N–H and O–H groups in total. The molecule has 5 heteroatoms. The molecule has 0 spiro atoms. The highest BCUT2D eigenvalue weighted by Gasteiger charge is 2.20. The third-order valence-corrected chi connectivity index (χ3v) is 2.27. The highest BCUT2D eigenvalue weighted by molar-refractivity contribution is 5.90. The number of aromatic nitrogens is 1. The molecule has 0 aliphatic heterocycles. The van der Waals surface area contributed by atoms with E-state index in [0.29, 0.717) is 17.4 Å². The molecule has 1 heterocycles. The van der Waals surface area contributed by atoms with Crippen molar-refractivity contribution >= 4 is 12.0 Å². The van der Waals surface area contributed by atoms with Crippen molar-refractivity contribution in [3.05, 3.63) is 52.3 Å². The Hall–Kier alpha value is -2.43. The van der Waals surface area contributed by atoms with Crippen LogP contribution in [0.15, 0.2) is 36.5 Å². The zero-order valence-electron chi connectivity index (χ0n) is 8.21. The summed E-state index contributed by atoms with van der Waals surface area (Å²) in [6.45, 7) is 0. The van der Waals surface area contributed by atoms with Crippen LogP contribution in [0, 0.1) is 10.1 Å². The summed E-state index contributed by atoms with van der Waals surface area (Å²) in [5.74, 6) is 0. The number of nitrogens with one attached hydrogen (secondary N) is 1. The van der Waals surface area contributed by atoms with Crippen molar-refractivity contribution in [2.75, 3.05) is 0 Å². The van der Waals surface area contributed by atoms with Crippen LogP contribution < -0.4 is 0 Å². The zero-order chi connectivity index (χ0) is 11.5. The molecular formula is C11H8N2O3. The van der Waals surface area contributed by atoms with Gasteiger partial charge in [-0.25, -0.2) is 0 Å². The Morgan fingerprint density at radius 3 is 2.50 bits per heavy atom. The number of carbonyl (C=O) groups excluding carboxylic acids is 1. The number of nitrogens with zero attached hydrogens (tertiary/aromatic N) is 1. The maximum atomic E-state index is 10.8. The van der Waals surface area contributed by atoms with Gasteiger partial charge in [0.2, 0.25) is 0 Å². The fourth-order valence-corrected chi connectivity index (χ4v) is 1.57. The first-order valence-electron chi connectivity index (χ1n) is 4.60. The van der Waals surface area contributed by atoms with Crippen LogP contribution in [0.5, 0.6) is 0 Å². The average molecular weight is 216 g/mol. The minimum Gasteiger partial charge on any atom is -0.353 e. The largest absolute Gasteiger partial charge is 0.353 e. The van der Waals surface area contributed by atoms with Crippen molar-refractivity contribution in [3.63, 3.8) is 0 Å². The molecule has 0 amide bonds. The molecule has 1 aromatic heterocycles. The molecule has 0 aliphatic carbocycles. The van der Waals surface area contributed by atoms with E-state index in [-0.39, 0.29) is 11.4 Å². The standard InChI is InChI=1S/C11H8N2O3/c14-7-9-11(8-4-2-1-3-5-8)10(6-12-9)13(15)16/h1-7,12H. The minimum absolute atomic E-state index is 0.0895. The molecule has 0 atom stereocenters.